The van der Waals surface area contributed by atoms with E-state index < -0.39 is 0 Å². The van der Waals surface area contributed by atoms with Gasteiger partial charge < -0.3 is 4.74 Å². The third kappa shape index (κ3) is 4.60. The van der Waals surface area contributed by atoms with Crippen molar-refractivity contribution in [3.8, 4) is 5.75 Å². The Kier molecular flexibility index (Phi) is 5.83. The van der Waals surface area contributed by atoms with Gasteiger partial charge in [0.05, 0.1) is 11.0 Å². The largest absolute Gasteiger partial charge is 0.484 e. The van der Waals surface area contributed by atoms with Crippen molar-refractivity contribution in [3.63, 3.8) is 0 Å². The predicted octanol–water partition coefficient (Wildman–Crippen LogP) is 5.84. The molecule has 0 aliphatic rings. The highest BCUT2D eigenvalue weighted by Crippen LogP contribution is 2.27. The van der Waals surface area contributed by atoms with Crippen molar-refractivity contribution in [1.29, 1.82) is 0 Å². The van der Waals surface area contributed by atoms with E-state index in [1.807, 2.05) is 24.3 Å². The van der Waals surface area contributed by atoms with Crippen LogP contribution in [0.15, 0.2) is 78.0 Å². The molecule has 0 amide bonds. The Hall–Kier alpha value is -2.83. The average molecular weight is 427 g/mol. The second-order valence-corrected chi connectivity index (χ2v) is 7.65. The maximum atomic E-state index is 13.1. The number of rotatable bonds is 6. The molecule has 0 aliphatic heterocycles. The summed E-state index contributed by atoms with van der Waals surface area (Å²) in [6.45, 7) is -0.133. The number of para-hydroxylation sites is 2. The summed E-state index contributed by atoms with van der Waals surface area (Å²) in [4.78, 5) is 17.5. The van der Waals surface area contributed by atoms with Gasteiger partial charge >= 0.3 is 0 Å². The van der Waals surface area contributed by atoms with Crippen LogP contribution < -0.4 is 4.74 Å². The van der Waals surface area contributed by atoms with Gasteiger partial charge in [0.15, 0.2) is 11.8 Å². The molecule has 3 aromatic carbocycles. The molecule has 146 valence electrons. The van der Waals surface area contributed by atoms with Crippen LogP contribution in [0.5, 0.6) is 5.75 Å². The van der Waals surface area contributed by atoms with Crippen LogP contribution in [0.3, 0.4) is 0 Å². The van der Waals surface area contributed by atoms with Gasteiger partial charge in [-0.15, -0.1) is 0 Å². The molecule has 0 atom stereocenters. The number of thioether (sulfide) groups is 1. The molecule has 0 saturated carbocycles. The molecule has 29 heavy (non-hydrogen) atoms. The second kappa shape index (κ2) is 8.68. The second-order valence-electron chi connectivity index (χ2n) is 6.27. The summed E-state index contributed by atoms with van der Waals surface area (Å²) in [5.41, 5.74) is 2.40. The molecule has 1 heterocycles. The van der Waals surface area contributed by atoms with Gasteiger partial charge in [-0.25, -0.2) is 9.37 Å². The first-order valence-corrected chi connectivity index (χ1v) is 10.2. The number of hydrogen-bond acceptors (Lipinski definition) is 4. The zero-order valence-corrected chi connectivity index (χ0v) is 16.8. The average Bonchev–Trinajstić information content (AvgIpc) is 3.11. The van der Waals surface area contributed by atoms with Crippen molar-refractivity contribution in [2.75, 3.05) is 6.61 Å². The predicted molar refractivity (Wildman–Crippen MR) is 113 cm³/mol. The van der Waals surface area contributed by atoms with E-state index in [1.165, 1.54) is 23.9 Å². The van der Waals surface area contributed by atoms with Gasteiger partial charge in [0.25, 0.3) is 5.91 Å². The van der Waals surface area contributed by atoms with Crippen LogP contribution in [0.1, 0.15) is 10.4 Å². The molecule has 0 saturated heterocycles. The number of halogens is 2. The lowest BCUT2D eigenvalue weighted by atomic mass is 10.2. The van der Waals surface area contributed by atoms with Crippen LogP contribution in [0.25, 0.3) is 11.0 Å². The monoisotopic (exact) mass is 426 g/mol. The Labute approximate surface area is 176 Å². The standard InChI is InChI=1S/C22H16ClFN2O2S/c23-16-7-11-18(12-8-16)28-13-21(27)26-20-4-2-1-3-19(20)25-22(26)29-14-15-5-9-17(24)10-6-15/h1-12H,13-14H2. The fraction of sp³-hybridized carbons (Fsp3) is 0.0909. The molecule has 4 nitrogen and oxygen atoms in total. The summed E-state index contributed by atoms with van der Waals surface area (Å²) in [5.74, 6) is 0.623. The summed E-state index contributed by atoms with van der Waals surface area (Å²) in [7, 11) is 0. The van der Waals surface area contributed by atoms with E-state index in [1.54, 1.807) is 41.0 Å². The van der Waals surface area contributed by atoms with Gasteiger partial charge in [-0.2, -0.15) is 0 Å². The highest BCUT2D eigenvalue weighted by Gasteiger charge is 2.18. The Morgan fingerprint density at radius 3 is 2.52 bits per heavy atom. The Morgan fingerprint density at radius 1 is 1.03 bits per heavy atom. The number of ether oxygens (including phenoxy) is 1. The number of hydrogen-bond donors (Lipinski definition) is 0. The van der Waals surface area contributed by atoms with E-state index in [-0.39, 0.29) is 18.3 Å². The molecule has 4 rings (SSSR count). The SMILES string of the molecule is O=C(COc1ccc(Cl)cc1)n1c(SCc2ccc(F)cc2)nc2ccccc21. The van der Waals surface area contributed by atoms with Crippen molar-refractivity contribution in [3.05, 3.63) is 89.2 Å². The lowest BCUT2D eigenvalue weighted by molar-refractivity contribution is 0.0832. The maximum Gasteiger partial charge on any atom is 0.271 e. The first-order chi connectivity index (χ1) is 14.1. The van der Waals surface area contributed by atoms with Gasteiger partial charge in [-0.05, 0) is 54.1 Å². The van der Waals surface area contributed by atoms with E-state index in [2.05, 4.69) is 4.98 Å². The Bertz CT molecular complexity index is 1140. The van der Waals surface area contributed by atoms with Crippen molar-refractivity contribution < 1.29 is 13.9 Å². The molecule has 0 spiro atoms. The van der Waals surface area contributed by atoms with Crippen molar-refractivity contribution in [1.82, 2.24) is 9.55 Å². The highest BCUT2D eigenvalue weighted by atomic mass is 35.5. The van der Waals surface area contributed by atoms with Crippen LogP contribution in [0.4, 0.5) is 4.39 Å². The number of nitrogens with zero attached hydrogens (tertiary/aromatic N) is 2. The van der Waals surface area contributed by atoms with E-state index in [0.717, 1.165) is 16.6 Å². The summed E-state index contributed by atoms with van der Waals surface area (Å²) >= 11 is 7.30. The fourth-order valence-electron chi connectivity index (χ4n) is 2.81. The fourth-order valence-corrected chi connectivity index (χ4v) is 3.92. The summed E-state index contributed by atoms with van der Waals surface area (Å²) in [6, 6.07) is 20.6. The van der Waals surface area contributed by atoms with Gasteiger partial charge in [-0.3, -0.25) is 9.36 Å². The van der Waals surface area contributed by atoms with Gasteiger partial charge in [0.1, 0.15) is 11.6 Å². The molecule has 0 aliphatic carbocycles. The minimum absolute atomic E-state index is 0.133. The van der Waals surface area contributed by atoms with E-state index in [0.29, 0.717) is 21.7 Å². The molecule has 0 N–H and O–H groups in total. The lowest BCUT2D eigenvalue weighted by Crippen LogP contribution is -2.20. The quantitative estimate of drug-likeness (QED) is 0.363. The normalized spacial score (nSPS) is 11.0. The van der Waals surface area contributed by atoms with E-state index >= 15 is 0 Å². The van der Waals surface area contributed by atoms with Crippen LogP contribution in [0, 0.1) is 5.82 Å². The molecule has 4 aromatic rings. The minimum atomic E-state index is -0.277. The lowest BCUT2D eigenvalue weighted by Gasteiger charge is -2.09. The van der Waals surface area contributed by atoms with Gasteiger partial charge in [0.2, 0.25) is 0 Å². The van der Waals surface area contributed by atoms with Crippen molar-refractivity contribution >= 4 is 40.3 Å². The number of imidazole rings is 1. The van der Waals surface area contributed by atoms with Gasteiger partial charge in [0, 0.05) is 10.8 Å². The Morgan fingerprint density at radius 2 is 1.76 bits per heavy atom. The van der Waals surface area contributed by atoms with Crippen molar-refractivity contribution in [2.24, 2.45) is 0 Å². The number of aromatic nitrogens is 2. The molecule has 0 bridgehead atoms. The van der Waals surface area contributed by atoms with Crippen LogP contribution >= 0.6 is 23.4 Å². The van der Waals surface area contributed by atoms with Gasteiger partial charge in [-0.1, -0.05) is 47.6 Å². The molecular weight excluding hydrogens is 411 g/mol. The van der Waals surface area contributed by atoms with E-state index in [4.69, 9.17) is 16.3 Å². The number of benzene rings is 3. The third-order valence-corrected chi connectivity index (χ3v) is 5.50. The van der Waals surface area contributed by atoms with Crippen LogP contribution in [-0.4, -0.2) is 22.1 Å². The number of carbonyl (C=O) groups is 1. The number of fused-ring (bicyclic) bond motifs is 1. The Balaban J connectivity index is 1.56. The third-order valence-electron chi connectivity index (χ3n) is 4.24. The van der Waals surface area contributed by atoms with Crippen LogP contribution in [-0.2, 0) is 5.75 Å². The minimum Gasteiger partial charge on any atom is -0.484 e. The first-order valence-electron chi connectivity index (χ1n) is 8.86. The topological polar surface area (TPSA) is 44.1 Å². The maximum absolute atomic E-state index is 13.1. The van der Waals surface area contributed by atoms with Crippen molar-refractivity contribution in [2.45, 2.75) is 10.9 Å². The smallest absolute Gasteiger partial charge is 0.271 e. The summed E-state index contributed by atoms with van der Waals surface area (Å²) in [6.07, 6.45) is 0. The first kappa shape index (κ1) is 19.5. The zero-order valence-electron chi connectivity index (χ0n) is 15.2. The number of carbonyl (C=O) groups excluding carboxylic acids is 1. The van der Waals surface area contributed by atoms with E-state index in [9.17, 15) is 9.18 Å². The summed E-state index contributed by atoms with van der Waals surface area (Å²) < 4.78 is 20.3. The summed E-state index contributed by atoms with van der Waals surface area (Å²) in [5, 5.41) is 1.17. The highest BCUT2D eigenvalue weighted by molar-refractivity contribution is 7.98. The molecule has 1 aromatic heterocycles. The molecule has 0 fully saturated rings. The molecule has 0 unspecified atom stereocenters. The molecule has 7 heteroatoms. The molecular formula is C22H16ClFN2O2S. The van der Waals surface area contributed by atoms with Crippen LogP contribution in [0.2, 0.25) is 5.02 Å². The molecule has 0 radical (unpaired) electrons. The zero-order chi connectivity index (χ0) is 20.2.